The number of thioether (sulfide) groups is 1. The van der Waals surface area contributed by atoms with Crippen molar-refractivity contribution >= 4 is 34.3 Å². The number of benzene rings is 3. The zero-order valence-electron chi connectivity index (χ0n) is 17.6. The molecule has 164 valence electrons. The average Bonchev–Trinajstić information content (AvgIpc) is 3.32. The van der Waals surface area contributed by atoms with E-state index in [1.165, 1.54) is 11.8 Å². The molecule has 0 bridgehead atoms. The van der Waals surface area contributed by atoms with Crippen molar-refractivity contribution < 1.29 is 4.74 Å². The molecule has 0 atom stereocenters. The number of methoxy groups -OCH3 is 1. The Morgan fingerprint density at radius 3 is 2.45 bits per heavy atom. The van der Waals surface area contributed by atoms with Crippen molar-refractivity contribution in [3.63, 3.8) is 0 Å². The Labute approximate surface area is 198 Å². The van der Waals surface area contributed by atoms with E-state index in [-0.39, 0.29) is 5.56 Å². The molecular formula is C24H18ClN5O2S. The van der Waals surface area contributed by atoms with E-state index in [9.17, 15) is 4.79 Å². The predicted molar refractivity (Wildman–Crippen MR) is 130 cm³/mol. The second-order valence-corrected chi connectivity index (χ2v) is 8.55. The Balaban J connectivity index is 1.49. The zero-order valence-corrected chi connectivity index (χ0v) is 19.1. The van der Waals surface area contributed by atoms with Gasteiger partial charge in [0.25, 0.3) is 5.56 Å². The van der Waals surface area contributed by atoms with E-state index in [2.05, 4.69) is 10.3 Å². The first kappa shape index (κ1) is 21.2. The van der Waals surface area contributed by atoms with Crippen molar-refractivity contribution in [1.82, 2.24) is 24.5 Å². The van der Waals surface area contributed by atoms with Gasteiger partial charge in [-0.25, -0.2) is 9.67 Å². The molecular weight excluding hydrogens is 458 g/mol. The van der Waals surface area contributed by atoms with Crippen molar-refractivity contribution in [3.8, 4) is 17.1 Å². The number of para-hydroxylation sites is 1. The molecule has 33 heavy (non-hydrogen) atoms. The van der Waals surface area contributed by atoms with E-state index < -0.39 is 0 Å². The van der Waals surface area contributed by atoms with Gasteiger partial charge in [0.15, 0.2) is 5.16 Å². The molecule has 0 aliphatic heterocycles. The lowest BCUT2D eigenvalue weighted by atomic mass is 10.2. The summed E-state index contributed by atoms with van der Waals surface area (Å²) in [5.41, 5.74) is 2.87. The molecule has 0 amide bonds. The van der Waals surface area contributed by atoms with Gasteiger partial charge in [0, 0.05) is 10.8 Å². The van der Waals surface area contributed by atoms with Crippen LogP contribution >= 0.6 is 23.4 Å². The fourth-order valence-electron chi connectivity index (χ4n) is 3.39. The number of hydrogen-bond acceptors (Lipinski definition) is 6. The average molecular weight is 476 g/mol. The molecule has 0 N–H and O–H groups in total. The number of fused-ring (bicyclic) bond motifs is 1. The summed E-state index contributed by atoms with van der Waals surface area (Å²) in [6, 6.07) is 22.0. The second-order valence-electron chi connectivity index (χ2n) is 7.17. The van der Waals surface area contributed by atoms with Gasteiger partial charge in [-0.3, -0.25) is 9.36 Å². The first-order valence-electron chi connectivity index (χ1n) is 10.1. The summed E-state index contributed by atoms with van der Waals surface area (Å²) in [7, 11) is 1.61. The molecule has 5 aromatic rings. The lowest BCUT2D eigenvalue weighted by molar-refractivity contribution is 0.414. The van der Waals surface area contributed by atoms with Crippen LogP contribution in [0.5, 0.6) is 5.75 Å². The molecule has 9 heteroatoms. The van der Waals surface area contributed by atoms with Gasteiger partial charge in [-0.2, -0.15) is 0 Å². The van der Waals surface area contributed by atoms with Crippen molar-refractivity contribution in [2.45, 2.75) is 10.9 Å². The molecule has 0 fully saturated rings. The van der Waals surface area contributed by atoms with Gasteiger partial charge in [-0.1, -0.05) is 40.7 Å². The quantitative estimate of drug-likeness (QED) is 0.256. The summed E-state index contributed by atoms with van der Waals surface area (Å²) < 4.78 is 8.57. The van der Waals surface area contributed by atoms with Gasteiger partial charge in [0.2, 0.25) is 0 Å². The van der Waals surface area contributed by atoms with E-state index in [4.69, 9.17) is 21.3 Å². The van der Waals surface area contributed by atoms with Crippen molar-refractivity contribution in [3.05, 3.63) is 100 Å². The maximum atomic E-state index is 13.4. The zero-order chi connectivity index (χ0) is 22.8. The first-order valence-corrected chi connectivity index (χ1v) is 11.4. The molecule has 3 aromatic carbocycles. The highest BCUT2D eigenvalue weighted by molar-refractivity contribution is 7.98. The van der Waals surface area contributed by atoms with Gasteiger partial charge >= 0.3 is 0 Å². The fraction of sp³-hybridized carbons (Fsp3) is 0.0833. The topological polar surface area (TPSA) is 74.8 Å². The van der Waals surface area contributed by atoms with E-state index in [1.54, 1.807) is 34.6 Å². The summed E-state index contributed by atoms with van der Waals surface area (Å²) in [6.07, 6.45) is 1.85. The van der Waals surface area contributed by atoms with Crippen LogP contribution in [0.15, 0.2) is 88.9 Å². The molecule has 0 aliphatic rings. The Kier molecular flexibility index (Phi) is 5.85. The molecule has 0 saturated heterocycles. The number of ether oxygens (including phenoxy) is 1. The summed E-state index contributed by atoms with van der Waals surface area (Å²) in [5, 5.41) is 10.3. The SMILES string of the molecule is COc1ccc(-n2c(SCc3cn(-c4ccc(Cl)cc4)nn3)nc3ccccc3c2=O)cc1. The summed E-state index contributed by atoms with van der Waals surface area (Å²) >= 11 is 7.40. The van der Waals surface area contributed by atoms with Crippen molar-refractivity contribution in [2.75, 3.05) is 7.11 Å². The molecule has 5 rings (SSSR count). The van der Waals surface area contributed by atoms with Crippen LogP contribution in [0.25, 0.3) is 22.3 Å². The first-order chi connectivity index (χ1) is 16.1. The van der Waals surface area contributed by atoms with Gasteiger partial charge in [0.1, 0.15) is 5.75 Å². The maximum absolute atomic E-state index is 13.4. The fourth-order valence-corrected chi connectivity index (χ4v) is 4.41. The van der Waals surface area contributed by atoms with Crippen LogP contribution in [0.4, 0.5) is 0 Å². The Morgan fingerprint density at radius 2 is 1.70 bits per heavy atom. The summed E-state index contributed by atoms with van der Waals surface area (Å²) in [6.45, 7) is 0. The van der Waals surface area contributed by atoms with Crippen molar-refractivity contribution in [1.29, 1.82) is 0 Å². The van der Waals surface area contributed by atoms with E-state index in [0.29, 0.717) is 38.3 Å². The van der Waals surface area contributed by atoms with Gasteiger partial charge in [-0.15, -0.1) is 5.10 Å². The highest BCUT2D eigenvalue weighted by atomic mass is 35.5. The molecule has 2 heterocycles. The van der Waals surface area contributed by atoms with Crippen molar-refractivity contribution in [2.24, 2.45) is 0 Å². The normalized spacial score (nSPS) is 11.1. The Morgan fingerprint density at radius 1 is 0.970 bits per heavy atom. The Bertz CT molecular complexity index is 1480. The molecule has 7 nitrogen and oxygen atoms in total. The standard InChI is InChI=1S/C24H18ClN5O2S/c1-32-20-12-10-19(11-13-20)30-23(31)21-4-2-3-5-22(21)26-24(30)33-15-17-14-29(28-27-17)18-8-6-16(25)7-9-18/h2-14H,15H2,1H3. The van der Waals surface area contributed by atoms with E-state index in [0.717, 1.165) is 11.4 Å². The predicted octanol–water partition coefficient (Wildman–Crippen LogP) is 4.92. The molecule has 0 unspecified atom stereocenters. The third-order valence-corrected chi connectivity index (χ3v) is 6.28. The molecule has 0 aliphatic carbocycles. The van der Waals surface area contributed by atoms with Gasteiger partial charge in [0.05, 0.1) is 41.3 Å². The molecule has 2 aromatic heterocycles. The Hall–Kier alpha value is -3.62. The maximum Gasteiger partial charge on any atom is 0.266 e. The minimum absolute atomic E-state index is 0.127. The lowest BCUT2D eigenvalue weighted by Crippen LogP contribution is -2.21. The second kappa shape index (κ2) is 9.09. The minimum atomic E-state index is -0.127. The summed E-state index contributed by atoms with van der Waals surface area (Å²) in [4.78, 5) is 18.1. The minimum Gasteiger partial charge on any atom is -0.497 e. The molecule has 0 spiro atoms. The largest absolute Gasteiger partial charge is 0.497 e. The van der Waals surface area contributed by atoms with Crippen LogP contribution in [-0.4, -0.2) is 31.7 Å². The summed E-state index contributed by atoms with van der Waals surface area (Å²) in [5.74, 6) is 1.21. The highest BCUT2D eigenvalue weighted by Gasteiger charge is 2.14. The van der Waals surface area contributed by atoms with E-state index in [1.807, 2.05) is 60.8 Å². The lowest BCUT2D eigenvalue weighted by Gasteiger charge is -2.13. The number of rotatable bonds is 6. The highest BCUT2D eigenvalue weighted by Crippen LogP contribution is 2.25. The van der Waals surface area contributed by atoms with Crippen LogP contribution in [0.3, 0.4) is 0 Å². The smallest absolute Gasteiger partial charge is 0.266 e. The number of aromatic nitrogens is 5. The van der Waals surface area contributed by atoms with Crippen LogP contribution in [0, 0.1) is 0 Å². The van der Waals surface area contributed by atoms with Crippen LogP contribution in [0.2, 0.25) is 5.02 Å². The molecule has 0 saturated carbocycles. The van der Waals surface area contributed by atoms with Crippen LogP contribution < -0.4 is 10.3 Å². The third-order valence-electron chi connectivity index (χ3n) is 5.06. The van der Waals surface area contributed by atoms with Gasteiger partial charge < -0.3 is 4.74 Å². The number of hydrogen-bond donors (Lipinski definition) is 0. The van der Waals surface area contributed by atoms with Crippen LogP contribution in [-0.2, 0) is 5.75 Å². The monoisotopic (exact) mass is 475 g/mol. The van der Waals surface area contributed by atoms with E-state index >= 15 is 0 Å². The number of halogens is 1. The molecule has 0 radical (unpaired) electrons. The van der Waals surface area contributed by atoms with Gasteiger partial charge in [-0.05, 0) is 60.7 Å². The van der Waals surface area contributed by atoms with Crippen LogP contribution in [0.1, 0.15) is 5.69 Å². The number of nitrogens with zero attached hydrogens (tertiary/aromatic N) is 5. The third kappa shape index (κ3) is 4.35.